The summed E-state index contributed by atoms with van der Waals surface area (Å²) in [6, 6.07) is 10.6. The second-order valence-corrected chi connectivity index (χ2v) is 11.6. The summed E-state index contributed by atoms with van der Waals surface area (Å²) in [5, 5.41) is 12.7. The summed E-state index contributed by atoms with van der Waals surface area (Å²) in [5.74, 6) is -0.222. The molecule has 3 aromatic rings. The van der Waals surface area contributed by atoms with Crippen molar-refractivity contribution >= 4 is 21.7 Å². The Morgan fingerprint density at radius 1 is 1.13 bits per heavy atom. The van der Waals surface area contributed by atoms with Crippen LogP contribution in [0.3, 0.4) is 0 Å². The summed E-state index contributed by atoms with van der Waals surface area (Å²) < 4.78 is 62.9. The van der Waals surface area contributed by atoms with E-state index in [-0.39, 0.29) is 22.5 Å². The molecular formula is C27H29F3N4O4S. The number of rotatable bonds is 8. The molecule has 0 spiro atoms. The minimum absolute atomic E-state index is 0.0356. The second kappa shape index (κ2) is 11.3. The van der Waals surface area contributed by atoms with Crippen molar-refractivity contribution in [2.45, 2.75) is 49.8 Å². The molecule has 2 heterocycles. The van der Waals surface area contributed by atoms with Crippen LogP contribution < -0.4 is 10.2 Å². The number of nitrogens with zero attached hydrogens (tertiary/aromatic N) is 3. The third-order valence-electron chi connectivity index (χ3n) is 6.90. The molecule has 2 N–H and O–H groups in total. The van der Waals surface area contributed by atoms with Crippen LogP contribution in [0.5, 0.6) is 0 Å². The number of aromatic nitrogens is 2. The first-order valence-corrected chi connectivity index (χ1v) is 14.1. The molecule has 0 saturated carbocycles. The number of alkyl halides is 3. The normalized spacial score (nSPS) is 16.5. The van der Waals surface area contributed by atoms with Gasteiger partial charge in [-0.2, -0.15) is 13.2 Å². The molecule has 0 saturated heterocycles. The van der Waals surface area contributed by atoms with Crippen LogP contribution in [0.25, 0.3) is 0 Å². The molecule has 0 fully saturated rings. The Morgan fingerprint density at radius 3 is 2.36 bits per heavy atom. The number of nitrogens with one attached hydrogen (secondary N) is 1. The fraction of sp³-hybridized carbons (Fsp3) is 0.370. The maximum atomic E-state index is 13.1. The van der Waals surface area contributed by atoms with Crippen LogP contribution in [0.15, 0.2) is 59.8 Å². The quantitative estimate of drug-likeness (QED) is 0.422. The first-order chi connectivity index (χ1) is 18.5. The number of hydrogen-bond donors (Lipinski definition) is 2. The molecule has 2 aromatic carbocycles. The van der Waals surface area contributed by atoms with Crippen molar-refractivity contribution in [3.8, 4) is 0 Å². The molecule has 208 valence electrons. The highest BCUT2D eigenvalue weighted by molar-refractivity contribution is 7.91. The van der Waals surface area contributed by atoms with E-state index in [1.807, 2.05) is 13.0 Å². The second-order valence-electron chi connectivity index (χ2n) is 9.35. The summed E-state index contributed by atoms with van der Waals surface area (Å²) in [6.07, 6.45) is -2.22. The molecule has 1 aliphatic heterocycles. The highest BCUT2D eigenvalue weighted by Gasteiger charge is 2.32. The van der Waals surface area contributed by atoms with E-state index in [2.05, 4.69) is 15.3 Å². The zero-order chi connectivity index (χ0) is 28.4. The SMILES string of the molecule is CC[C@H]1CN(c2ncc(C(F)(F)F)cn2)Cc2cc(C(=O)N[C@@H](CO)c3ccc(S(=O)(=O)CC)cc3)ccc21. The Morgan fingerprint density at radius 2 is 1.79 bits per heavy atom. The van der Waals surface area contributed by atoms with Gasteiger partial charge in [0.15, 0.2) is 9.84 Å². The molecule has 0 bridgehead atoms. The van der Waals surface area contributed by atoms with Gasteiger partial charge in [-0.05, 0) is 47.4 Å². The van der Waals surface area contributed by atoms with Crippen molar-refractivity contribution in [2.75, 3.05) is 23.8 Å². The molecule has 0 aliphatic carbocycles. The van der Waals surface area contributed by atoms with Crippen LogP contribution in [0, 0.1) is 0 Å². The van der Waals surface area contributed by atoms with Gasteiger partial charge in [0, 0.05) is 37.0 Å². The van der Waals surface area contributed by atoms with Crippen molar-refractivity contribution < 1.29 is 31.5 Å². The highest BCUT2D eigenvalue weighted by atomic mass is 32.2. The van der Waals surface area contributed by atoms with Gasteiger partial charge in [-0.3, -0.25) is 4.79 Å². The Balaban J connectivity index is 1.54. The number of aliphatic hydroxyl groups excluding tert-OH is 1. The average molecular weight is 563 g/mol. The van der Waals surface area contributed by atoms with E-state index in [0.717, 1.165) is 29.9 Å². The van der Waals surface area contributed by atoms with Crippen LogP contribution in [-0.2, 0) is 22.6 Å². The third-order valence-corrected chi connectivity index (χ3v) is 8.65. The lowest BCUT2D eigenvalue weighted by Gasteiger charge is -2.34. The maximum absolute atomic E-state index is 13.1. The van der Waals surface area contributed by atoms with Gasteiger partial charge in [0.25, 0.3) is 5.91 Å². The summed E-state index contributed by atoms with van der Waals surface area (Å²) in [5.41, 5.74) is 1.86. The molecule has 0 radical (unpaired) electrons. The zero-order valence-corrected chi connectivity index (χ0v) is 22.3. The minimum atomic E-state index is -4.52. The van der Waals surface area contributed by atoms with Crippen LogP contribution in [0.1, 0.15) is 64.8 Å². The van der Waals surface area contributed by atoms with E-state index in [9.17, 15) is 31.5 Å². The highest BCUT2D eigenvalue weighted by Crippen LogP contribution is 2.34. The van der Waals surface area contributed by atoms with Crippen molar-refractivity contribution in [1.82, 2.24) is 15.3 Å². The Hall–Kier alpha value is -3.51. The fourth-order valence-corrected chi connectivity index (χ4v) is 5.48. The predicted molar refractivity (Wildman–Crippen MR) is 139 cm³/mol. The van der Waals surface area contributed by atoms with Gasteiger partial charge in [0.2, 0.25) is 5.95 Å². The fourth-order valence-electron chi connectivity index (χ4n) is 4.60. The van der Waals surface area contributed by atoms with E-state index in [4.69, 9.17) is 0 Å². The molecular weight excluding hydrogens is 533 g/mol. The number of carbonyl (C=O) groups excluding carboxylic acids is 1. The Labute approximate surface area is 224 Å². The molecule has 2 atom stereocenters. The van der Waals surface area contributed by atoms with Gasteiger partial charge in [-0.15, -0.1) is 0 Å². The molecule has 8 nitrogen and oxygen atoms in total. The van der Waals surface area contributed by atoms with Gasteiger partial charge in [-0.25, -0.2) is 18.4 Å². The monoisotopic (exact) mass is 562 g/mol. The lowest BCUT2D eigenvalue weighted by molar-refractivity contribution is -0.138. The number of hydrogen-bond acceptors (Lipinski definition) is 7. The predicted octanol–water partition coefficient (Wildman–Crippen LogP) is 4.27. The summed E-state index contributed by atoms with van der Waals surface area (Å²) in [4.78, 5) is 22.9. The van der Waals surface area contributed by atoms with Crippen molar-refractivity contribution in [1.29, 1.82) is 0 Å². The summed E-state index contributed by atoms with van der Waals surface area (Å²) in [7, 11) is -3.38. The van der Waals surface area contributed by atoms with Crippen LogP contribution >= 0.6 is 0 Å². The number of anilines is 1. The number of halogens is 3. The van der Waals surface area contributed by atoms with E-state index in [0.29, 0.717) is 24.2 Å². The lowest BCUT2D eigenvalue weighted by Crippen LogP contribution is -2.35. The van der Waals surface area contributed by atoms with Crippen molar-refractivity contribution in [3.05, 3.63) is 82.7 Å². The van der Waals surface area contributed by atoms with Gasteiger partial charge in [-0.1, -0.05) is 32.0 Å². The number of fused-ring (bicyclic) bond motifs is 1. The Kier molecular flexibility index (Phi) is 8.26. The van der Waals surface area contributed by atoms with Gasteiger partial charge >= 0.3 is 6.18 Å². The molecule has 0 unspecified atom stereocenters. The number of sulfone groups is 1. The summed E-state index contributed by atoms with van der Waals surface area (Å²) in [6.45, 7) is 4.01. The van der Waals surface area contributed by atoms with Gasteiger partial charge < -0.3 is 15.3 Å². The van der Waals surface area contributed by atoms with Gasteiger partial charge in [0.05, 0.1) is 28.9 Å². The first kappa shape index (κ1) is 28.5. The third kappa shape index (κ3) is 6.22. The van der Waals surface area contributed by atoms with E-state index >= 15 is 0 Å². The zero-order valence-electron chi connectivity index (χ0n) is 21.4. The Bertz CT molecular complexity index is 1430. The number of amides is 1. The maximum Gasteiger partial charge on any atom is 0.419 e. The van der Waals surface area contributed by atoms with E-state index < -0.39 is 40.1 Å². The molecule has 4 rings (SSSR count). The van der Waals surface area contributed by atoms with Crippen LogP contribution in [0.4, 0.5) is 19.1 Å². The molecule has 1 aromatic heterocycles. The number of carbonyl (C=O) groups is 1. The van der Waals surface area contributed by atoms with Crippen molar-refractivity contribution in [2.24, 2.45) is 0 Å². The first-order valence-electron chi connectivity index (χ1n) is 12.5. The smallest absolute Gasteiger partial charge is 0.394 e. The average Bonchev–Trinajstić information content (AvgIpc) is 2.94. The molecule has 39 heavy (non-hydrogen) atoms. The standard InChI is InChI=1S/C27H29F3N4O4S/c1-3-17-14-34(26-31-12-21(13-32-26)27(28,29)30)15-20-11-19(7-10-23(17)20)25(36)33-24(16-35)18-5-8-22(9-6-18)39(37,38)4-2/h5-13,17,24,35H,3-4,14-16H2,1-2H3,(H,33,36)/t17-,24-/m0/s1. The number of aliphatic hydroxyl groups is 1. The van der Waals surface area contributed by atoms with E-state index in [1.54, 1.807) is 36.1 Å². The largest absolute Gasteiger partial charge is 0.419 e. The van der Waals surface area contributed by atoms with Crippen molar-refractivity contribution in [3.63, 3.8) is 0 Å². The molecule has 12 heteroatoms. The number of benzene rings is 2. The van der Waals surface area contributed by atoms with Crippen LogP contribution in [-0.4, -0.2) is 48.3 Å². The van der Waals surface area contributed by atoms with Crippen LogP contribution in [0.2, 0.25) is 0 Å². The molecule has 1 amide bonds. The van der Waals surface area contributed by atoms with E-state index in [1.165, 1.54) is 12.1 Å². The topological polar surface area (TPSA) is 112 Å². The van der Waals surface area contributed by atoms with Gasteiger partial charge in [0.1, 0.15) is 0 Å². The summed E-state index contributed by atoms with van der Waals surface area (Å²) >= 11 is 0. The minimum Gasteiger partial charge on any atom is -0.394 e. The lowest BCUT2D eigenvalue weighted by atomic mass is 9.87. The molecule has 1 aliphatic rings.